The number of nitrogens with zero attached hydrogens (tertiary/aromatic N) is 1. The maximum atomic E-state index is 11.5. The van der Waals surface area contributed by atoms with Gasteiger partial charge in [0.25, 0.3) is 0 Å². The summed E-state index contributed by atoms with van der Waals surface area (Å²) in [5.41, 5.74) is 0. The van der Waals surface area contributed by atoms with Gasteiger partial charge in [0.2, 0.25) is 5.91 Å². The van der Waals surface area contributed by atoms with E-state index in [1.807, 2.05) is 0 Å². The monoisotopic (exact) mass is 199 g/mol. The number of hydrogen-bond donors (Lipinski definition) is 1. The van der Waals surface area contributed by atoms with Crippen LogP contribution in [0.5, 0.6) is 0 Å². The number of aliphatic carboxylic acids is 1. The zero-order chi connectivity index (χ0) is 10.6. The van der Waals surface area contributed by atoms with Gasteiger partial charge < -0.3 is 10.0 Å². The number of hydrogen-bond acceptors (Lipinski definition) is 2. The quantitative estimate of drug-likeness (QED) is 0.740. The molecule has 4 nitrogen and oxygen atoms in total. The lowest BCUT2D eigenvalue weighted by molar-refractivity contribution is -0.138. The number of carbonyl (C=O) groups is 2. The van der Waals surface area contributed by atoms with E-state index in [-0.39, 0.29) is 12.3 Å². The van der Waals surface area contributed by atoms with E-state index in [1.54, 1.807) is 4.90 Å². The van der Waals surface area contributed by atoms with Crippen LogP contribution >= 0.6 is 0 Å². The molecule has 14 heavy (non-hydrogen) atoms. The van der Waals surface area contributed by atoms with Crippen molar-refractivity contribution in [2.45, 2.75) is 32.6 Å². The second-order valence-corrected chi connectivity index (χ2v) is 3.96. The minimum Gasteiger partial charge on any atom is -0.481 e. The van der Waals surface area contributed by atoms with E-state index in [4.69, 9.17) is 5.11 Å². The average molecular weight is 199 g/mol. The van der Waals surface area contributed by atoms with Gasteiger partial charge in [-0.25, -0.2) is 0 Å². The van der Waals surface area contributed by atoms with Crippen LogP contribution in [-0.2, 0) is 9.59 Å². The van der Waals surface area contributed by atoms with Crippen molar-refractivity contribution in [3.8, 4) is 0 Å². The Balaban J connectivity index is 2.41. The summed E-state index contributed by atoms with van der Waals surface area (Å²) < 4.78 is 0. The molecule has 1 saturated heterocycles. The van der Waals surface area contributed by atoms with Gasteiger partial charge in [-0.05, 0) is 18.8 Å². The minimum absolute atomic E-state index is 0.0557. The van der Waals surface area contributed by atoms with E-state index in [2.05, 4.69) is 6.92 Å². The third-order valence-corrected chi connectivity index (χ3v) is 2.69. The summed E-state index contributed by atoms with van der Waals surface area (Å²) in [6.45, 7) is 3.21. The summed E-state index contributed by atoms with van der Waals surface area (Å²) >= 11 is 0. The standard InChI is InChI=1S/C10H17NO3/c1-8-2-3-9(12)11(6-4-8)7-5-10(13)14/h8H,2-7H2,1H3,(H,13,14). The first-order valence-corrected chi connectivity index (χ1v) is 5.09. The first-order valence-electron chi connectivity index (χ1n) is 5.09. The fraction of sp³-hybridized carbons (Fsp3) is 0.800. The van der Waals surface area contributed by atoms with Crippen molar-refractivity contribution in [3.63, 3.8) is 0 Å². The minimum atomic E-state index is -0.838. The largest absolute Gasteiger partial charge is 0.481 e. The molecule has 1 rings (SSSR count). The van der Waals surface area contributed by atoms with E-state index in [1.165, 1.54) is 0 Å². The normalized spacial score (nSPS) is 23.4. The Kier molecular flexibility index (Phi) is 3.92. The van der Waals surface area contributed by atoms with Crippen molar-refractivity contribution in [1.29, 1.82) is 0 Å². The van der Waals surface area contributed by atoms with Crippen molar-refractivity contribution >= 4 is 11.9 Å². The number of carboxylic acids is 1. The Hall–Kier alpha value is -1.06. The van der Waals surface area contributed by atoms with Crippen molar-refractivity contribution in [2.24, 2.45) is 5.92 Å². The van der Waals surface area contributed by atoms with Gasteiger partial charge in [0.05, 0.1) is 6.42 Å². The number of amides is 1. The zero-order valence-electron chi connectivity index (χ0n) is 8.53. The molecular weight excluding hydrogens is 182 g/mol. The van der Waals surface area contributed by atoms with Crippen LogP contribution in [0.25, 0.3) is 0 Å². The highest BCUT2D eigenvalue weighted by atomic mass is 16.4. The molecule has 1 heterocycles. The molecule has 0 spiro atoms. The van der Waals surface area contributed by atoms with Gasteiger partial charge in [0, 0.05) is 19.5 Å². The Morgan fingerprint density at radius 3 is 2.93 bits per heavy atom. The summed E-state index contributed by atoms with van der Waals surface area (Å²) in [4.78, 5) is 23.5. The second-order valence-electron chi connectivity index (χ2n) is 3.96. The van der Waals surface area contributed by atoms with Crippen molar-refractivity contribution in [1.82, 2.24) is 4.90 Å². The Morgan fingerprint density at radius 2 is 2.29 bits per heavy atom. The molecule has 0 saturated carbocycles. The highest BCUT2D eigenvalue weighted by Crippen LogP contribution is 2.17. The van der Waals surface area contributed by atoms with Crippen LogP contribution in [0.1, 0.15) is 32.6 Å². The molecule has 0 radical (unpaired) electrons. The first kappa shape index (κ1) is 11.0. The first-order chi connectivity index (χ1) is 6.59. The molecule has 1 unspecified atom stereocenters. The van der Waals surface area contributed by atoms with Crippen LogP contribution in [0, 0.1) is 5.92 Å². The number of rotatable bonds is 3. The molecule has 1 aliphatic heterocycles. The Bertz CT molecular complexity index is 227. The fourth-order valence-electron chi connectivity index (χ4n) is 1.64. The highest BCUT2D eigenvalue weighted by Gasteiger charge is 2.20. The maximum Gasteiger partial charge on any atom is 0.305 e. The lowest BCUT2D eigenvalue weighted by Crippen LogP contribution is -2.32. The molecule has 0 aliphatic carbocycles. The molecule has 0 aromatic rings. The maximum absolute atomic E-state index is 11.5. The third kappa shape index (κ3) is 3.36. The lowest BCUT2D eigenvalue weighted by atomic mass is 10.0. The van der Waals surface area contributed by atoms with Crippen LogP contribution in [-0.4, -0.2) is 35.0 Å². The molecule has 0 aromatic heterocycles. The Morgan fingerprint density at radius 1 is 1.57 bits per heavy atom. The number of carboxylic acid groups (broad SMARTS) is 1. The lowest BCUT2D eigenvalue weighted by Gasteiger charge is -2.19. The number of carbonyl (C=O) groups excluding carboxylic acids is 1. The number of likely N-dealkylation sites (tertiary alicyclic amines) is 1. The molecule has 1 N–H and O–H groups in total. The van der Waals surface area contributed by atoms with Gasteiger partial charge in [-0.1, -0.05) is 6.92 Å². The van der Waals surface area contributed by atoms with E-state index >= 15 is 0 Å². The predicted octanol–water partition coefficient (Wildman–Crippen LogP) is 1.11. The molecule has 4 heteroatoms. The molecule has 1 fully saturated rings. The molecule has 1 amide bonds. The molecular formula is C10H17NO3. The predicted molar refractivity (Wildman–Crippen MR) is 51.8 cm³/mol. The van der Waals surface area contributed by atoms with Gasteiger partial charge in [-0.2, -0.15) is 0 Å². The van der Waals surface area contributed by atoms with Crippen molar-refractivity contribution in [2.75, 3.05) is 13.1 Å². The van der Waals surface area contributed by atoms with Crippen LogP contribution < -0.4 is 0 Å². The van der Waals surface area contributed by atoms with E-state index in [9.17, 15) is 9.59 Å². The molecule has 0 bridgehead atoms. The van der Waals surface area contributed by atoms with Gasteiger partial charge in [-0.3, -0.25) is 9.59 Å². The Labute approximate surface area is 83.9 Å². The van der Waals surface area contributed by atoms with E-state index < -0.39 is 5.97 Å². The summed E-state index contributed by atoms with van der Waals surface area (Å²) in [5.74, 6) is -0.153. The molecule has 0 aromatic carbocycles. The van der Waals surface area contributed by atoms with Crippen LogP contribution in [0.4, 0.5) is 0 Å². The molecule has 80 valence electrons. The van der Waals surface area contributed by atoms with E-state index in [0.717, 1.165) is 12.8 Å². The topological polar surface area (TPSA) is 57.6 Å². The van der Waals surface area contributed by atoms with Gasteiger partial charge in [0.1, 0.15) is 0 Å². The van der Waals surface area contributed by atoms with Crippen LogP contribution in [0.2, 0.25) is 0 Å². The van der Waals surface area contributed by atoms with E-state index in [0.29, 0.717) is 25.4 Å². The fourth-order valence-corrected chi connectivity index (χ4v) is 1.64. The third-order valence-electron chi connectivity index (χ3n) is 2.69. The molecule has 1 aliphatic rings. The second kappa shape index (κ2) is 4.98. The SMILES string of the molecule is CC1CCC(=O)N(CCC(=O)O)CC1. The van der Waals surface area contributed by atoms with Gasteiger partial charge in [-0.15, -0.1) is 0 Å². The summed E-state index contributed by atoms with van der Waals surface area (Å²) in [5, 5.41) is 8.51. The smallest absolute Gasteiger partial charge is 0.305 e. The average Bonchev–Trinajstić information content (AvgIpc) is 2.27. The zero-order valence-corrected chi connectivity index (χ0v) is 8.53. The van der Waals surface area contributed by atoms with Gasteiger partial charge >= 0.3 is 5.97 Å². The summed E-state index contributed by atoms with van der Waals surface area (Å²) in [6.07, 6.45) is 2.55. The van der Waals surface area contributed by atoms with Crippen molar-refractivity contribution in [3.05, 3.63) is 0 Å². The highest BCUT2D eigenvalue weighted by molar-refractivity contribution is 5.77. The van der Waals surface area contributed by atoms with Crippen LogP contribution in [0.3, 0.4) is 0 Å². The van der Waals surface area contributed by atoms with Crippen molar-refractivity contribution < 1.29 is 14.7 Å². The summed E-state index contributed by atoms with van der Waals surface area (Å²) in [7, 11) is 0. The van der Waals surface area contributed by atoms with Gasteiger partial charge in [0.15, 0.2) is 0 Å². The van der Waals surface area contributed by atoms with Crippen LogP contribution in [0.15, 0.2) is 0 Å². The summed E-state index contributed by atoms with van der Waals surface area (Å²) in [6, 6.07) is 0. The molecule has 1 atom stereocenters.